The lowest BCUT2D eigenvalue weighted by Crippen LogP contribution is -1.95. The number of H-pyrrole nitrogens is 1. The van der Waals surface area contributed by atoms with Gasteiger partial charge in [-0.25, -0.2) is 4.79 Å². The summed E-state index contributed by atoms with van der Waals surface area (Å²) < 4.78 is 4.87. The van der Waals surface area contributed by atoms with Gasteiger partial charge in [-0.05, 0) is 18.2 Å². The van der Waals surface area contributed by atoms with Crippen molar-refractivity contribution in [1.82, 2.24) is 4.98 Å². The van der Waals surface area contributed by atoms with Gasteiger partial charge in [0.25, 0.3) is 0 Å². The first-order valence-corrected chi connectivity index (χ1v) is 6.88. The molecule has 2 N–H and O–H groups in total. The zero-order valence-corrected chi connectivity index (χ0v) is 12.3. The van der Waals surface area contributed by atoms with Gasteiger partial charge in [-0.15, -0.1) is 0 Å². The van der Waals surface area contributed by atoms with Crippen molar-refractivity contribution >= 4 is 23.8 Å². The van der Waals surface area contributed by atoms with Crippen LogP contribution in [0.2, 0.25) is 5.02 Å². The van der Waals surface area contributed by atoms with Crippen molar-refractivity contribution < 1.29 is 9.52 Å². The lowest BCUT2D eigenvalue weighted by molar-refractivity contribution is 0.444. The molecule has 2 heterocycles. The Hall–Kier alpha value is -2.72. The standard InChI is InChI=1S/C17H14ClNO3/c18-15-9-10-19-16(15)8-6-4-2-1-3-5-7-14-11-13(20)12-17(21)22-14/h1-12,19-20H/b3-1+,4-2+,7-5+,8-6+. The maximum absolute atomic E-state index is 11.0. The third kappa shape index (κ3) is 5.00. The van der Waals surface area contributed by atoms with E-state index in [-0.39, 0.29) is 5.75 Å². The van der Waals surface area contributed by atoms with Gasteiger partial charge in [0.1, 0.15) is 11.5 Å². The normalized spacial score (nSPS) is 12.4. The summed E-state index contributed by atoms with van der Waals surface area (Å²) in [6, 6.07) is 4.17. The van der Waals surface area contributed by atoms with E-state index in [4.69, 9.17) is 16.0 Å². The van der Waals surface area contributed by atoms with Gasteiger partial charge in [0.15, 0.2) is 0 Å². The quantitative estimate of drug-likeness (QED) is 0.814. The second-order valence-electron chi connectivity index (χ2n) is 4.26. The van der Waals surface area contributed by atoms with Gasteiger partial charge in [0, 0.05) is 12.3 Å². The highest BCUT2D eigenvalue weighted by molar-refractivity contribution is 6.31. The predicted molar refractivity (Wildman–Crippen MR) is 88.8 cm³/mol. The van der Waals surface area contributed by atoms with Crippen LogP contribution in [0.25, 0.3) is 12.2 Å². The van der Waals surface area contributed by atoms with E-state index in [0.29, 0.717) is 10.8 Å². The zero-order chi connectivity index (χ0) is 15.8. The van der Waals surface area contributed by atoms with Crippen molar-refractivity contribution in [3.05, 3.63) is 87.7 Å². The molecule has 2 aromatic rings. The number of hydrogen-bond acceptors (Lipinski definition) is 3. The molecule has 112 valence electrons. The second-order valence-corrected chi connectivity index (χ2v) is 4.67. The Morgan fingerprint density at radius 3 is 2.36 bits per heavy atom. The molecule has 0 aliphatic rings. The smallest absolute Gasteiger partial charge is 0.339 e. The van der Waals surface area contributed by atoms with E-state index >= 15 is 0 Å². The molecular formula is C17H14ClNO3. The minimum atomic E-state index is -0.586. The Morgan fingerprint density at radius 1 is 1.05 bits per heavy atom. The molecule has 0 unspecified atom stereocenters. The van der Waals surface area contributed by atoms with E-state index in [9.17, 15) is 9.90 Å². The van der Waals surface area contributed by atoms with E-state index in [0.717, 1.165) is 11.8 Å². The number of aromatic amines is 1. The molecule has 0 fully saturated rings. The molecular weight excluding hydrogens is 302 g/mol. The first kappa shape index (κ1) is 15.7. The fraction of sp³-hybridized carbons (Fsp3) is 0. The Bertz CT molecular complexity index is 794. The molecule has 2 rings (SSSR count). The molecule has 0 spiro atoms. The number of aromatic hydroxyl groups is 1. The maximum atomic E-state index is 11.0. The maximum Gasteiger partial charge on any atom is 0.339 e. The van der Waals surface area contributed by atoms with E-state index in [1.807, 2.05) is 30.4 Å². The Labute approximate surface area is 132 Å². The zero-order valence-electron chi connectivity index (χ0n) is 11.6. The van der Waals surface area contributed by atoms with Crippen molar-refractivity contribution in [2.45, 2.75) is 0 Å². The molecule has 0 aliphatic heterocycles. The van der Waals surface area contributed by atoms with Gasteiger partial charge in [-0.2, -0.15) is 0 Å². The third-order valence-corrected chi connectivity index (χ3v) is 2.91. The largest absolute Gasteiger partial charge is 0.508 e. The number of nitrogens with one attached hydrogen (secondary N) is 1. The van der Waals surface area contributed by atoms with Crippen LogP contribution in [0.1, 0.15) is 11.5 Å². The average Bonchev–Trinajstić information content (AvgIpc) is 2.86. The summed E-state index contributed by atoms with van der Waals surface area (Å²) in [6.45, 7) is 0. The van der Waals surface area contributed by atoms with E-state index in [1.54, 1.807) is 30.5 Å². The van der Waals surface area contributed by atoms with Gasteiger partial charge >= 0.3 is 5.63 Å². The van der Waals surface area contributed by atoms with E-state index < -0.39 is 5.63 Å². The molecule has 0 aliphatic carbocycles. The molecule has 0 saturated heterocycles. The molecule has 0 saturated carbocycles. The number of rotatable bonds is 5. The summed E-state index contributed by atoms with van der Waals surface area (Å²) in [5.74, 6) is 0.174. The van der Waals surface area contributed by atoms with Crippen LogP contribution in [0.4, 0.5) is 0 Å². The van der Waals surface area contributed by atoms with Crippen LogP contribution >= 0.6 is 11.6 Å². The van der Waals surface area contributed by atoms with Crippen molar-refractivity contribution in [3.63, 3.8) is 0 Å². The first-order valence-electron chi connectivity index (χ1n) is 6.50. The van der Waals surface area contributed by atoms with Crippen LogP contribution < -0.4 is 5.63 Å². The van der Waals surface area contributed by atoms with Gasteiger partial charge in [0.05, 0.1) is 16.8 Å². The van der Waals surface area contributed by atoms with Crippen LogP contribution in [-0.2, 0) is 0 Å². The lowest BCUT2D eigenvalue weighted by Gasteiger charge is -1.91. The molecule has 0 atom stereocenters. The van der Waals surface area contributed by atoms with Crippen molar-refractivity contribution in [2.75, 3.05) is 0 Å². The number of hydrogen-bond donors (Lipinski definition) is 2. The minimum absolute atomic E-state index is 0.118. The molecule has 22 heavy (non-hydrogen) atoms. The highest BCUT2D eigenvalue weighted by Crippen LogP contribution is 2.14. The number of allylic oxidation sites excluding steroid dienone is 6. The molecule has 5 heteroatoms. The van der Waals surface area contributed by atoms with Gasteiger partial charge in [-0.3, -0.25) is 0 Å². The summed E-state index contributed by atoms with van der Waals surface area (Å²) in [7, 11) is 0. The van der Waals surface area contributed by atoms with Crippen molar-refractivity contribution in [2.24, 2.45) is 0 Å². The van der Waals surface area contributed by atoms with Crippen LogP contribution in [-0.4, -0.2) is 10.1 Å². The molecule has 0 amide bonds. The Morgan fingerprint density at radius 2 is 1.73 bits per heavy atom. The summed E-state index contributed by atoms with van der Waals surface area (Å²) >= 11 is 5.92. The van der Waals surface area contributed by atoms with Gasteiger partial charge in [0.2, 0.25) is 0 Å². The average molecular weight is 316 g/mol. The molecule has 0 aromatic carbocycles. The molecule has 4 nitrogen and oxygen atoms in total. The number of aromatic nitrogens is 1. The first-order chi connectivity index (χ1) is 10.6. The Balaban J connectivity index is 1.86. The summed E-state index contributed by atoms with van der Waals surface area (Å²) in [5, 5.41) is 9.93. The predicted octanol–water partition coefficient (Wildman–Crippen LogP) is 4.17. The van der Waals surface area contributed by atoms with Crippen LogP contribution in [0.5, 0.6) is 5.75 Å². The van der Waals surface area contributed by atoms with Gasteiger partial charge < -0.3 is 14.5 Å². The van der Waals surface area contributed by atoms with E-state index in [2.05, 4.69) is 4.98 Å². The summed E-state index contributed by atoms with van der Waals surface area (Å²) in [5.41, 5.74) is 0.269. The summed E-state index contributed by atoms with van der Waals surface area (Å²) in [4.78, 5) is 14.0. The Kier molecular flexibility index (Phi) is 5.63. The highest BCUT2D eigenvalue weighted by atomic mass is 35.5. The van der Waals surface area contributed by atoms with Crippen molar-refractivity contribution in [1.29, 1.82) is 0 Å². The van der Waals surface area contributed by atoms with Crippen LogP contribution in [0.15, 0.2) is 70.1 Å². The topological polar surface area (TPSA) is 66.2 Å². The lowest BCUT2D eigenvalue weighted by atomic mass is 10.3. The fourth-order valence-corrected chi connectivity index (χ4v) is 1.80. The molecule has 0 radical (unpaired) electrons. The SMILES string of the molecule is O=c1cc(O)cc(/C=C/C=C/C=C/C=C/c2[nH]ccc2Cl)o1. The minimum Gasteiger partial charge on any atom is -0.508 e. The van der Waals surface area contributed by atoms with E-state index in [1.165, 1.54) is 6.07 Å². The second kappa shape index (κ2) is 7.90. The molecule has 2 aromatic heterocycles. The van der Waals surface area contributed by atoms with Gasteiger partial charge in [-0.1, -0.05) is 48.1 Å². The number of halogens is 1. The molecule has 0 bridgehead atoms. The van der Waals surface area contributed by atoms with Crippen LogP contribution in [0.3, 0.4) is 0 Å². The third-order valence-electron chi connectivity index (χ3n) is 2.58. The summed E-state index contributed by atoms with van der Waals surface area (Å²) in [6.07, 6.45) is 16.1. The fourth-order valence-electron chi connectivity index (χ4n) is 1.62. The van der Waals surface area contributed by atoms with Crippen LogP contribution in [0, 0.1) is 0 Å². The monoisotopic (exact) mass is 315 g/mol. The highest BCUT2D eigenvalue weighted by Gasteiger charge is 1.95. The van der Waals surface area contributed by atoms with Crippen molar-refractivity contribution in [3.8, 4) is 5.75 Å².